The third-order valence-electron chi connectivity index (χ3n) is 7.22. The predicted molar refractivity (Wildman–Crippen MR) is 146 cm³/mol. The van der Waals surface area contributed by atoms with Crippen LogP contribution in [0.3, 0.4) is 0 Å². The molecule has 0 aliphatic carbocycles. The maximum absolute atomic E-state index is 14.8. The quantitative estimate of drug-likeness (QED) is 0.243. The minimum absolute atomic E-state index is 0.0104. The number of carbonyl (C=O) groups excluding carboxylic acids is 2. The van der Waals surface area contributed by atoms with E-state index >= 15 is 0 Å². The zero-order chi connectivity index (χ0) is 29.7. The smallest absolute Gasteiger partial charge is 0.295 e. The molecule has 0 saturated carbocycles. The molecule has 41 heavy (non-hydrogen) atoms. The molecule has 0 bridgehead atoms. The van der Waals surface area contributed by atoms with E-state index in [4.69, 9.17) is 23.7 Å². The van der Waals surface area contributed by atoms with Gasteiger partial charge in [-0.3, -0.25) is 9.59 Å². The molecule has 10 nitrogen and oxygen atoms in total. The summed E-state index contributed by atoms with van der Waals surface area (Å²) in [6.45, 7) is 7.60. The number of benzene rings is 2. The summed E-state index contributed by atoms with van der Waals surface area (Å²) < 4.78 is 42.2. The molecule has 2 fully saturated rings. The van der Waals surface area contributed by atoms with Crippen molar-refractivity contribution in [3.63, 3.8) is 0 Å². The molecule has 2 aliphatic heterocycles. The van der Waals surface area contributed by atoms with E-state index in [2.05, 4.69) is 0 Å². The van der Waals surface area contributed by atoms with Crippen LogP contribution in [0.15, 0.2) is 35.9 Å². The summed E-state index contributed by atoms with van der Waals surface area (Å²) in [6.07, 6.45) is 0.332. The number of halogens is 1. The topological polar surface area (TPSA) is 111 Å². The summed E-state index contributed by atoms with van der Waals surface area (Å²) >= 11 is 0. The van der Waals surface area contributed by atoms with Crippen LogP contribution < -0.4 is 29.0 Å². The maximum Gasteiger partial charge on any atom is 0.295 e. The Morgan fingerprint density at radius 3 is 2.27 bits per heavy atom. The summed E-state index contributed by atoms with van der Waals surface area (Å²) in [6, 6.07) is 5.97. The molecular formula is C30H37FN2O8. The van der Waals surface area contributed by atoms with Crippen molar-refractivity contribution in [2.45, 2.75) is 32.4 Å². The van der Waals surface area contributed by atoms with Gasteiger partial charge >= 0.3 is 0 Å². The number of morpholine rings is 1. The number of ether oxygens (including phenoxy) is 5. The van der Waals surface area contributed by atoms with Gasteiger partial charge in [0.25, 0.3) is 5.91 Å². The fourth-order valence-corrected chi connectivity index (χ4v) is 5.26. The number of methoxy groups -OCH3 is 3. The summed E-state index contributed by atoms with van der Waals surface area (Å²) in [5.41, 5.74) is 0.104. The molecule has 2 aromatic carbocycles. The van der Waals surface area contributed by atoms with E-state index in [0.29, 0.717) is 42.4 Å². The highest BCUT2D eigenvalue weighted by atomic mass is 19.1. The van der Waals surface area contributed by atoms with Crippen LogP contribution in [0.2, 0.25) is 0 Å². The van der Waals surface area contributed by atoms with Gasteiger partial charge < -0.3 is 38.6 Å². The molecule has 11 heteroatoms. The second-order valence-corrected chi connectivity index (χ2v) is 10.2. The molecule has 0 aromatic heterocycles. The number of rotatable bonds is 11. The van der Waals surface area contributed by atoms with Crippen LogP contribution in [0.1, 0.15) is 37.4 Å². The number of carbonyl (C=O) groups is 2. The van der Waals surface area contributed by atoms with Gasteiger partial charge in [0.2, 0.25) is 11.5 Å². The van der Waals surface area contributed by atoms with Crippen LogP contribution in [-0.2, 0) is 14.3 Å². The first kappa shape index (κ1) is 30.1. The van der Waals surface area contributed by atoms with Gasteiger partial charge in [-0.1, -0.05) is 11.8 Å². The lowest BCUT2D eigenvalue weighted by Crippen LogP contribution is -3.14. The van der Waals surface area contributed by atoms with Gasteiger partial charge in [0, 0.05) is 18.5 Å². The number of hydrogen-bond acceptors (Lipinski definition) is 8. The number of hydrogen-bond donors (Lipinski definition) is 1. The summed E-state index contributed by atoms with van der Waals surface area (Å²) in [5.74, 6) is -2.26. The first-order valence-electron chi connectivity index (χ1n) is 13.6. The normalized spacial score (nSPS) is 19.1. The van der Waals surface area contributed by atoms with Gasteiger partial charge in [0.1, 0.15) is 13.1 Å². The first-order chi connectivity index (χ1) is 19.7. The van der Waals surface area contributed by atoms with E-state index < -0.39 is 29.3 Å². The van der Waals surface area contributed by atoms with Gasteiger partial charge in [-0.15, -0.1) is 0 Å². The largest absolute Gasteiger partial charge is 0.872 e. The Balaban J connectivity index is 1.79. The Bertz CT molecular complexity index is 1280. The van der Waals surface area contributed by atoms with Crippen molar-refractivity contribution in [2.75, 3.05) is 60.7 Å². The molecule has 1 unspecified atom stereocenters. The molecule has 2 saturated heterocycles. The molecule has 4 rings (SSSR count). The van der Waals surface area contributed by atoms with Crippen LogP contribution in [0.4, 0.5) is 4.39 Å². The minimum Gasteiger partial charge on any atom is -0.872 e. The fraction of sp³-hybridized carbons (Fsp3) is 0.467. The third-order valence-corrected chi connectivity index (χ3v) is 7.22. The Hall–Kier alpha value is -3.83. The van der Waals surface area contributed by atoms with E-state index in [1.165, 1.54) is 43.3 Å². The van der Waals surface area contributed by atoms with Crippen molar-refractivity contribution >= 4 is 17.4 Å². The zero-order valence-corrected chi connectivity index (χ0v) is 24.1. The number of amides is 1. The van der Waals surface area contributed by atoms with Crippen LogP contribution in [0.5, 0.6) is 23.0 Å². The lowest BCUT2D eigenvalue weighted by molar-refractivity contribution is -0.908. The second-order valence-electron chi connectivity index (χ2n) is 10.2. The standard InChI is InChI=1S/C30H37FN2O8/c1-18(2)41-22-8-7-19(15-21(22)31)27(34)25-26(20-16-23(37-3)29(39-5)24(17-20)38-4)33(30(36)28(25)35)10-6-9-32-11-13-40-14-12-32/h7-8,15-18,26,34H,6,9-14H2,1-5H3. The third kappa shape index (κ3) is 6.41. The molecular weight excluding hydrogens is 535 g/mol. The molecule has 2 aromatic rings. The van der Waals surface area contributed by atoms with Crippen LogP contribution >= 0.6 is 0 Å². The van der Waals surface area contributed by atoms with E-state index in [-0.39, 0.29) is 29.5 Å². The van der Waals surface area contributed by atoms with E-state index in [1.807, 2.05) is 0 Å². The second kappa shape index (κ2) is 13.2. The van der Waals surface area contributed by atoms with Gasteiger partial charge in [-0.2, -0.15) is 0 Å². The highest BCUT2D eigenvalue weighted by molar-refractivity contribution is 6.46. The monoisotopic (exact) mass is 572 g/mol. The Morgan fingerprint density at radius 1 is 1.05 bits per heavy atom. The number of nitrogens with zero attached hydrogens (tertiary/aromatic N) is 1. The minimum atomic E-state index is -1.04. The molecule has 2 aliphatic rings. The highest BCUT2D eigenvalue weighted by Gasteiger charge is 2.44. The van der Waals surface area contributed by atoms with Gasteiger partial charge in [-0.25, -0.2) is 4.39 Å². The lowest BCUT2D eigenvalue weighted by Gasteiger charge is -2.29. The highest BCUT2D eigenvalue weighted by Crippen LogP contribution is 2.45. The number of Topliss-reactive ketones (excluding diaryl/α,β-unsaturated/α-hetero) is 1. The molecule has 2 heterocycles. The average molecular weight is 573 g/mol. The Morgan fingerprint density at radius 2 is 1.71 bits per heavy atom. The van der Waals surface area contributed by atoms with Gasteiger partial charge in [0.05, 0.1) is 53.2 Å². The number of likely N-dealkylation sites (tertiary alicyclic amines) is 1. The van der Waals surface area contributed by atoms with Gasteiger partial charge in [0.15, 0.2) is 23.1 Å². The fourth-order valence-electron chi connectivity index (χ4n) is 5.26. The Labute approximate surface area is 239 Å². The molecule has 1 atom stereocenters. The number of ketones is 1. The van der Waals surface area contributed by atoms with Crippen LogP contribution in [0.25, 0.3) is 5.76 Å². The summed E-state index contributed by atoms with van der Waals surface area (Å²) in [7, 11) is 4.37. The molecule has 0 radical (unpaired) electrons. The van der Waals surface area contributed by atoms with Crippen molar-refractivity contribution in [3.05, 3.63) is 52.8 Å². The molecule has 1 amide bonds. The SMILES string of the molecule is COc1cc(C2C(=C([O-])c3ccc(OC(C)C)c(F)c3)C(=O)C(=O)N2CCC[NH+]2CCOCC2)cc(OC)c1OC. The number of nitrogens with one attached hydrogen (secondary N) is 1. The molecule has 0 spiro atoms. The lowest BCUT2D eigenvalue weighted by atomic mass is 9.94. The van der Waals surface area contributed by atoms with E-state index in [9.17, 15) is 19.1 Å². The van der Waals surface area contributed by atoms with Gasteiger partial charge in [-0.05, 0) is 49.2 Å². The molecule has 1 N–H and O–H groups in total. The van der Waals surface area contributed by atoms with Crippen molar-refractivity contribution < 1.29 is 47.7 Å². The van der Waals surface area contributed by atoms with Crippen molar-refractivity contribution in [1.29, 1.82) is 0 Å². The Kier molecular flexibility index (Phi) is 9.72. The first-order valence-corrected chi connectivity index (χ1v) is 13.6. The van der Waals surface area contributed by atoms with Crippen molar-refractivity contribution in [3.8, 4) is 23.0 Å². The number of quaternary nitrogens is 1. The zero-order valence-electron chi connectivity index (χ0n) is 24.1. The maximum atomic E-state index is 14.8. The van der Waals surface area contributed by atoms with E-state index in [1.54, 1.807) is 26.0 Å². The molecule has 222 valence electrons. The predicted octanol–water partition coefficient (Wildman–Crippen LogP) is 1.17. The van der Waals surface area contributed by atoms with Crippen molar-refractivity contribution in [1.82, 2.24) is 4.90 Å². The average Bonchev–Trinajstić information content (AvgIpc) is 3.22. The summed E-state index contributed by atoms with van der Waals surface area (Å²) in [5, 5.41) is 13.8. The van der Waals surface area contributed by atoms with E-state index in [0.717, 1.165) is 25.7 Å². The van der Waals surface area contributed by atoms with Crippen LogP contribution in [-0.4, -0.2) is 83.4 Å². The summed E-state index contributed by atoms with van der Waals surface area (Å²) in [4.78, 5) is 29.6. The van der Waals surface area contributed by atoms with Crippen molar-refractivity contribution in [2.24, 2.45) is 0 Å². The van der Waals surface area contributed by atoms with Crippen LogP contribution in [0, 0.1) is 5.82 Å².